The second-order valence-electron chi connectivity index (χ2n) is 15.0. The Hall–Kier alpha value is -4.74. The summed E-state index contributed by atoms with van der Waals surface area (Å²) in [7, 11) is 1.33. The smallest absolute Gasteiger partial charge is 0.407 e. The fourth-order valence-corrected chi connectivity index (χ4v) is 8.95. The summed E-state index contributed by atoms with van der Waals surface area (Å²) in [5.74, 6) is 3.09. The molecule has 10 rings (SSSR count). The number of nitrogens with zero attached hydrogens (tertiary/aromatic N) is 3. The van der Waals surface area contributed by atoms with E-state index in [1.165, 1.54) is 20.0 Å². The van der Waals surface area contributed by atoms with Crippen molar-refractivity contribution in [2.75, 3.05) is 20.3 Å². The van der Waals surface area contributed by atoms with Gasteiger partial charge in [-0.1, -0.05) is 30.3 Å². The van der Waals surface area contributed by atoms with E-state index in [1.807, 2.05) is 11.1 Å². The fraction of sp³-hybridized carbons (Fsp3) is 0.436. The first kappa shape index (κ1) is 30.1. The number of likely N-dealkylation sites (tertiary alicyclic amines) is 1. The Labute approximate surface area is 289 Å². The average Bonchev–Trinajstić information content (AvgIpc) is 3.74. The highest BCUT2D eigenvalue weighted by atomic mass is 16.5. The number of carbonyl (C=O) groups is 2. The molecule has 50 heavy (non-hydrogen) atoms. The van der Waals surface area contributed by atoms with E-state index < -0.39 is 12.1 Å². The van der Waals surface area contributed by atoms with Crippen molar-refractivity contribution < 1.29 is 19.1 Å². The number of carbonyl (C=O) groups excluding carboxylic acids is 2. The molecule has 5 aromatic rings. The maximum Gasteiger partial charge on any atom is 0.407 e. The Morgan fingerprint density at radius 3 is 2.48 bits per heavy atom. The topological polar surface area (TPSA) is 137 Å². The molecule has 0 bridgehead atoms. The number of alkyl carbamates (subject to hydrolysis) is 1. The highest BCUT2D eigenvalue weighted by Crippen LogP contribution is 2.53. The number of rotatable bonds is 7. The van der Waals surface area contributed by atoms with Gasteiger partial charge >= 0.3 is 6.09 Å². The first-order valence-electron chi connectivity index (χ1n) is 18.1. The number of benzene rings is 3. The Bertz CT molecular complexity index is 2130. The number of ether oxygens (including phenoxy) is 2. The van der Waals surface area contributed by atoms with Gasteiger partial charge < -0.3 is 35.0 Å². The zero-order valence-electron chi connectivity index (χ0n) is 28.0. The number of methoxy groups -OCH3 is 1. The summed E-state index contributed by atoms with van der Waals surface area (Å²) in [6.07, 6.45) is 7.09. The van der Waals surface area contributed by atoms with Crippen LogP contribution in [0.3, 0.4) is 0 Å². The normalized spacial score (nSPS) is 27.7. The minimum atomic E-state index is -0.647. The molecular weight excluding hydrogens is 630 g/mol. The summed E-state index contributed by atoms with van der Waals surface area (Å²) in [5.41, 5.74) is 6.37. The standard InChI is InChI=1S/C39H41N7O4/c1-49-39(48)45-35(20-8-10-50-11-9-20)38(47)46-33-17-27(33)18-34(46)37-40-19-32(44-37)25-5-4-21-12-22(2-3-23(21)13-25)24-6-7-28-30(14-24)43-36(42-28)31-16-26-15-29(26)41-31/h2-7,12-14,19-20,26-27,29,31,33-35,41H,8-11,15-18H2,1H3,(H,40,44)(H,42,43)(H,45,48)/t26-,27-,29-,31+,33-,34+,35+/m1/s1. The van der Waals surface area contributed by atoms with Gasteiger partial charge in [-0.15, -0.1) is 0 Å². The maximum atomic E-state index is 14.2. The van der Waals surface area contributed by atoms with E-state index >= 15 is 0 Å². The molecule has 0 spiro atoms. The second kappa shape index (κ2) is 11.7. The highest BCUT2D eigenvalue weighted by molar-refractivity contribution is 5.92. The number of aromatic nitrogens is 4. The van der Waals surface area contributed by atoms with Crippen molar-refractivity contribution in [3.63, 3.8) is 0 Å². The Morgan fingerprint density at radius 1 is 0.900 bits per heavy atom. The van der Waals surface area contributed by atoms with E-state index in [9.17, 15) is 9.59 Å². The minimum absolute atomic E-state index is 0.00449. The largest absolute Gasteiger partial charge is 0.453 e. The van der Waals surface area contributed by atoms with E-state index in [-0.39, 0.29) is 23.9 Å². The van der Waals surface area contributed by atoms with Crippen LogP contribution in [0.1, 0.15) is 62.3 Å². The quantitative estimate of drug-likeness (QED) is 0.166. The van der Waals surface area contributed by atoms with Gasteiger partial charge in [0.1, 0.15) is 17.7 Å². The number of imidazole rings is 2. The maximum absolute atomic E-state index is 14.2. The molecule has 7 atom stereocenters. The SMILES string of the molecule is COC(=O)N[C@H](C(=O)N1[C@@H]2C[C@@H]2C[C@H]1c1ncc(-c2ccc3cc(-c4ccc5nc([C@@H]6C[C@H]7C[C@H]7N6)[nH]c5c4)ccc3c2)[nH]1)C1CCOCC1. The number of hydrogen-bond acceptors (Lipinski definition) is 7. The number of H-pyrrole nitrogens is 2. The zero-order valence-corrected chi connectivity index (χ0v) is 28.0. The van der Waals surface area contributed by atoms with Crippen molar-refractivity contribution in [3.05, 3.63) is 72.4 Å². The molecule has 2 amide bonds. The minimum Gasteiger partial charge on any atom is -0.453 e. The van der Waals surface area contributed by atoms with Gasteiger partial charge in [-0.2, -0.15) is 0 Å². The van der Waals surface area contributed by atoms with Crippen molar-refractivity contribution in [2.45, 2.75) is 68.7 Å². The number of aromatic amines is 2. The molecular formula is C39H41N7O4. The van der Waals surface area contributed by atoms with Crippen LogP contribution in [0.5, 0.6) is 0 Å². The molecule has 3 aromatic carbocycles. The lowest BCUT2D eigenvalue weighted by molar-refractivity contribution is -0.138. The summed E-state index contributed by atoms with van der Waals surface area (Å²) in [6, 6.07) is 20.0. The van der Waals surface area contributed by atoms with Crippen molar-refractivity contribution in [1.29, 1.82) is 0 Å². The molecule has 3 aliphatic heterocycles. The molecule has 4 N–H and O–H groups in total. The van der Waals surface area contributed by atoms with Gasteiger partial charge in [-0.05, 0) is 102 Å². The van der Waals surface area contributed by atoms with E-state index in [1.54, 1.807) is 0 Å². The lowest BCUT2D eigenvalue weighted by atomic mass is 9.90. The summed E-state index contributed by atoms with van der Waals surface area (Å²) < 4.78 is 10.5. The van der Waals surface area contributed by atoms with E-state index in [0.717, 1.165) is 87.4 Å². The van der Waals surface area contributed by atoms with E-state index in [2.05, 4.69) is 75.2 Å². The predicted octanol–water partition coefficient (Wildman–Crippen LogP) is 6.01. The van der Waals surface area contributed by atoms with Crippen molar-refractivity contribution >= 4 is 33.8 Å². The van der Waals surface area contributed by atoms with Crippen LogP contribution < -0.4 is 10.6 Å². The summed E-state index contributed by atoms with van der Waals surface area (Å²) in [6.45, 7) is 1.17. The third-order valence-electron chi connectivity index (χ3n) is 11.9. The summed E-state index contributed by atoms with van der Waals surface area (Å²) in [4.78, 5) is 45.3. The highest BCUT2D eigenvalue weighted by Gasteiger charge is 2.56. The number of piperidine rings is 2. The third kappa shape index (κ3) is 5.25. The van der Waals surface area contributed by atoms with Gasteiger partial charge in [-0.25, -0.2) is 14.8 Å². The van der Waals surface area contributed by atoms with Crippen LogP contribution >= 0.6 is 0 Å². The fourth-order valence-electron chi connectivity index (χ4n) is 8.95. The Balaban J connectivity index is 0.881. The number of hydrogen-bond donors (Lipinski definition) is 4. The average molecular weight is 672 g/mol. The molecule has 2 aliphatic carbocycles. The molecule has 11 nitrogen and oxygen atoms in total. The van der Waals surface area contributed by atoms with Crippen molar-refractivity contribution in [1.82, 2.24) is 35.5 Å². The number of amides is 2. The van der Waals surface area contributed by atoms with Crippen molar-refractivity contribution in [2.24, 2.45) is 17.8 Å². The van der Waals surface area contributed by atoms with E-state index in [0.29, 0.717) is 31.2 Å². The second-order valence-corrected chi connectivity index (χ2v) is 15.0. The van der Waals surface area contributed by atoms with E-state index in [4.69, 9.17) is 19.4 Å². The first-order valence-corrected chi connectivity index (χ1v) is 18.1. The summed E-state index contributed by atoms with van der Waals surface area (Å²) in [5, 5.41) is 8.87. The molecule has 5 fully saturated rings. The number of fused-ring (bicyclic) bond motifs is 4. The van der Waals surface area contributed by atoms with Gasteiger partial charge in [0.25, 0.3) is 0 Å². The molecule has 0 unspecified atom stereocenters. The Kier molecular flexibility index (Phi) is 7.03. The molecule has 2 aromatic heterocycles. The van der Waals surface area contributed by atoms with Crippen LogP contribution in [-0.2, 0) is 14.3 Å². The summed E-state index contributed by atoms with van der Waals surface area (Å²) >= 11 is 0. The van der Waals surface area contributed by atoms with Crippen LogP contribution in [0.4, 0.5) is 4.79 Å². The molecule has 0 radical (unpaired) electrons. The van der Waals surface area contributed by atoms with Crippen LogP contribution in [0, 0.1) is 17.8 Å². The number of nitrogens with one attached hydrogen (secondary N) is 4. The van der Waals surface area contributed by atoms with Gasteiger partial charge in [0, 0.05) is 30.9 Å². The lowest BCUT2D eigenvalue weighted by Gasteiger charge is -2.35. The molecule has 2 saturated carbocycles. The van der Waals surface area contributed by atoms with Crippen molar-refractivity contribution in [3.8, 4) is 22.4 Å². The van der Waals surface area contributed by atoms with Crippen LogP contribution in [0.2, 0.25) is 0 Å². The van der Waals surface area contributed by atoms with Gasteiger partial charge in [0.2, 0.25) is 5.91 Å². The van der Waals surface area contributed by atoms with Gasteiger partial charge in [0.15, 0.2) is 0 Å². The zero-order chi connectivity index (χ0) is 33.5. The lowest BCUT2D eigenvalue weighted by Crippen LogP contribution is -2.54. The van der Waals surface area contributed by atoms with Gasteiger partial charge in [0.05, 0.1) is 42.1 Å². The van der Waals surface area contributed by atoms with Gasteiger partial charge in [-0.3, -0.25) is 4.79 Å². The molecule has 3 saturated heterocycles. The monoisotopic (exact) mass is 671 g/mol. The predicted molar refractivity (Wildman–Crippen MR) is 188 cm³/mol. The third-order valence-corrected chi connectivity index (χ3v) is 11.9. The molecule has 5 aliphatic rings. The van der Waals surface area contributed by atoms with Crippen LogP contribution in [0.15, 0.2) is 60.8 Å². The molecule has 11 heteroatoms. The first-order chi connectivity index (χ1) is 24.5. The molecule has 5 heterocycles. The van der Waals surface area contributed by atoms with Crippen LogP contribution in [-0.4, -0.2) is 75.3 Å². The van der Waals surface area contributed by atoms with Crippen LogP contribution in [0.25, 0.3) is 44.2 Å². The molecule has 256 valence electrons. The Morgan fingerprint density at radius 2 is 1.68 bits per heavy atom.